The second kappa shape index (κ2) is 7.82. The molecule has 7 heteroatoms. The average Bonchev–Trinajstić information content (AvgIpc) is 2.91. The Labute approximate surface area is 155 Å². The summed E-state index contributed by atoms with van der Waals surface area (Å²) in [7, 11) is 0. The maximum atomic E-state index is 13.7. The van der Waals surface area contributed by atoms with Crippen LogP contribution in [0.15, 0.2) is 54.2 Å². The lowest BCUT2D eigenvalue weighted by Gasteiger charge is -2.13. The molecule has 0 saturated carbocycles. The zero-order valence-electron chi connectivity index (χ0n) is 14.7. The highest BCUT2D eigenvalue weighted by molar-refractivity contribution is 6.16. The summed E-state index contributed by atoms with van der Waals surface area (Å²) < 4.78 is 13.7. The highest BCUT2D eigenvalue weighted by Gasteiger charge is 2.35. The molecule has 2 aromatic rings. The fraction of sp³-hybridized carbons (Fsp3) is 0.150. The molecule has 27 heavy (non-hydrogen) atoms. The summed E-state index contributed by atoms with van der Waals surface area (Å²) in [4.78, 5) is 37.5. The number of rotatable bonds is 5. The normalized spacial score (nSPS) is 15.2. The fourth-order valence-electron chi connectivity index (χ4n) is 2.75. The van der Waals surface area contributed by atoms with E-state index in [1.54, 1.807) is 18.2 Å². The molecule has 0 radical (unpaired) electrons. The third-order valence-electron chi connectivity index (χ3n) is 4.14. The molecule has 4 amide bonds. The van der Waals surface area contributed by atoms with Gasteiger partial charge < -0.3 is 10.6 Å². The number of hydrogen-bond donors (Lipinski definition) is 2. The van der Waals surface area contributed by atoms with E-state index in [1.165, 1.54) is 24.3 Å². The molecule has 0 unspecified atom stereocenters. The highest BCUT2D eigenvalue weighted by atomic mass is 19.1. The van der Waals surface area contributed by atoms with E-state index in [4.69, 9.17) is 0 Å². The minimum absolute atomic E-state index is 0.0770. The van der Waals surface area contributed by atoms with Crippen molar-refractivity contribution in [2.75, 3.05) is 11.9 Å². The lowest BCUT2D eigenvalue weighted by Crippen LogP contribution is -2.38. The number of imide groups is 1. The maximum Gasteiger partial charge on any atom is 0.329 e. The van der Waals surface area contributed by atoms with Crippen LogP contribution in [0, 0.1) is 5.82 Å². The van der Waals surface area contributed by atoms with Gasteiger partial charge in [-0.05, 0) is 30.2 Å². The molecule has 2 aromatic carbocycles. The van der Waals surface area contributed by atoms with Crippen LogP contribution >= 0.6 is 0 Å². The van der Waals surface area contributed by atoms with Crippen molar-refractivity contribution in [2.45, 2.75) is 13.3 Å². The summed E-state index contributed by atoms with van der Waals surface area (Å²) in [6.45, 7) is 1.53. The number of amides is 4. The Kier molecular flexibility index (Phi) is 5.30. The van der Waals surface area contributed by atoms with Gasteiger partial charge in [0.1, 0.15) is 18.1 Å². The number of nitrogens with one attached hydrogen (secondary N) is 2. The van der Waals surface area contributed by atoms with Crippen molar-refractivity contribution in [1.82, 2.24) is 10.2 Å². The molecule has 6 nitrogen and oxygen atoms in total. The Balaban J connectivity index is 1.72. The average molecular weight is 367 g/mol. The number of hydrogen-bond acceptors (Lipinski definition) is 3. The van der Waals surface area contributed by atoms with Gasteiger partial charge in [0.2, 0.25) is 5.91 Å². The summed E-state index contributed by atoms with van der Waals surface area (Å²) in [6, 6.07) is 12.5. The van der Waals surface area contributed by atoms with Crippen molar-refractivity contribution in [3.05, 3.63) is 71.2 Å². The Hall–Kier alpha value is -3.48. The largest absolute Gasteiger partial charge is 0.329 e. The van der Waals surface area contributed by atoms with Gasteiger partial charge in [-0.2, -0.15) is 0 Å². The molecule has 138 valence electrons. The Morgan fingerprint density at radius 2 is 1.85 bits per heavy atom. The topological polar surface area (TPSA) is 78.5 Å². The highest BCUT2D eigenvalue weighted by Crippen LogP contribution is 2.18. The number of carbonyl (C=O) groups excluding carboxylic acids is 3. The molecule has 1 aliphatic heterocycles. The van der Waals surface area contributed by atoms with Gasteiger partial charge in [-0.1, -0.05) is 43.3 Å². The first-order chi connectivity index (χ1) is 13.0. The Morgan fingerprint density at radius 3 is 2.59 bits per heavy atom. The van der Waals surface area contributed by atoms with E-state index in [0.717, 1.165) is 16.9 Å². The molecular weight excluding hydrogens is 349 g/mol. The van der Waals surface area contributed by atoms with Gasteiger partial charge in [0, 0.05) is 11.3 Å². The van der Waals surface area contributed by atoms with Gasteiger partial charge in [-0.15, -0.1) is 0 Å². The van der Waals surface area contributed by atoms with E-state index < -0.39 is 30.2 Å². The van der Waals surface area contributed by atoms with Crippen molar-refractivity contribution in [1.29, 1.82) is 0 Å². The van der Waals surface area contributed by atoms with Crippen LogP contribution in [0.5, 0.6) is 0 Å². The molecule has 0 bridgehead atoms. The zero-order valence-corrected chi connectivity index (χ0v) is 14.7. The first kappa shape index (κ1) is 18.3. The third kappa shape index (κ3) is 4.03. The molecule has 0 aliphatic carbocycles. The van der Waals surface area contributed by atoms with E-state index in [1.807, 2.05) is 19.1 Å². The van der Waals surface area contributed by atoms with Crippen molar-refractivity contribution >= 4 is 29.6 Å². The first-order valence-corrected chi connectivity index (χ1v) is 8.46. The zero-order chi connectivity index (χ0) is 19.4. The summed E-state index contributed by atoms with van der Waals surface area (Å²) in [5, 5.41) is 5.08. The van der Waals surface area contributed by atoms with Gasteiger partial charge in [0.05, 0.1) is 0 Å². The molecule has 0 atom stereocenters. The molecule has 0 spiro atoms. The Morgan fingerprint density at radius 1 is 1.15 bits per heavy atom. The molecule has 3 rings (SSSR count). The second-order valence-corrected chi connectivity index (χ2v) is 5.96. The van der Waals surface area contributed by atoms with Gasteiger partial charge in [-0.25, -0.2) is 14.1 Å². The molecule has 1 aliphatic rings. The SMILES string of the molecule is CCc1ccccc1NC(=O)CN1C(=O)N/C(=C/c2ccccc2F)C1=O. The van der Waals surface area contributed by atoms with Crippen LogP contribution in [-0.4, -0.2) is 29.3 Å². The third-order valence-corrected chi connectivity index (χ3v) is 4.14. The standard InChI is InChI=1S/C20H18FN3O3/c1-2-13-7-4-6-10-16(13)22-18(25)12-24-19(26)17(23-20(24)27)11-14-8-3-5-9-15(14)21/h3-11H,2,12H2,1H3,(H,22,25)(H,23,27)/b17-11+. The van der Waals surface area contributed by atoms with E-state index in [0.29, 0.717) is 5.69 Å². The quantitative estimate of drug-likeness (QED) is 0.630. The van der Waals surface area contributed by atoms with Crippen molar-refractivity contribution in [2.24, 2.45) is 0 Å². The molecule has 1 saturated heterocycles. The number of benzene rings is 2. The predicted octanol–water partition coefficient (Wildman–Crippen LogP) is 2.92. The van der Waals surface area contributed by atoms with Crippen LogP contribution in [0.1, 0.15) is 18.1 Å². The van der Waals surface area contributed by atoms with Crippen LogP contribution in [0.2, 0.25) is 0 Å². The summed E-state index contributed by atoms with van der Waals surface area (Å²) in [5.74, 6) is -1.69. The summed E-state index contributed by atoms with van der Waals surface area (Å²) >= 11 is 0. The molecule has 0 aromatic heterocycles. The number of anilines is 1. The maximum absolute atomic E-state index is 13.7. The number of carbonyl (C=O) groups is 3. The smallest absolute Gasteiger partial charge is 0.324 e. The fourth-order valence-corrected chi connectivity index (χ4v) is 2.75. The van der Waals surface area contributed by atoms with Crippen molar-refractivity contribution in [3.63, 3.8) is 0 Å². The van der Waals surface area contributed by atoms with E-state index >= 15 is 0 Å². The number of nitrogens with zero attached hydrogens (tertiary/aromatic N) is 1. The van der Waals surface area contributed by atoms with Crippen molar-refractivity contribution in [3.8, 4) is 0 Å². The number of para-hydroxylation sites is 1. The lowest BCUT2D eigenvalue weighted by atomic mass is 10.1. The molecule has 2 N–H and O–H groups in total. The van der Waals surface area contributed by atoms with E-state index in [2.05, 4.69) is 10.6 Å². The second-order valence-electron chi connectivity index (χ2n) is 5.96. The molecular formula is C20H18FN3O3. The van der Waals surface area contributed by atoms with Gasteiger partial charge in [0.15, 0.2) is 0 Å². The predicted molar refractivity (Wildman–Crippen MR) is 99.1 cm³/mol. The van der Waals surface area contributed by atoms with E-state index in [9.17, 15) is 18.8 Å². The molecule has 1 fully saturated rings. The number of halogens is 1. The van der Waals surface area contributed by atoms with E-state index in [-0.39, 0.29) is 11.3 Å². The van der Waals surface area contributed by atoms with Crippen LogP contribution in [0.4, 0.5) is 14.9 Å². The van der Waals surface area contributed by atoms with Crippen LogP contribution < -0.4 is 10.6 Å². The van der Waals surface area contributed by atoms with Crippen LogP contribution in [-0.2, 0) is 16.0 Å². The van der Waals surface area contributed by atoms with Crippen molar-refractivity contribution < 1.29 is 18.8 Å². The minimum atomic E-state index is -0.721. The minimum Gasteiger partial charge on any atom is -0.324 e. The number of urea groups is 1. The summed E-state index contributed by atoms with van der Waals surface area (Å²) in [6.07, 6.45) is 1.98. The first-order valence-electron chi connectivity index (χ1n) is 8.46. The van der Waals surface area contributed by atoms with Crippen LogP contribution in [0.25, 0.3) is 6.08 Å². The monoisotopic (exact) mass is 367 g/mol. The lowest BCUT2D eigenvalue weighted by molar-refractivity contribution is -0.127. The van der Waals surface area contributed by atoms with Gasteiger partial charge >= 0.3 is 6.03 Å². The summed E-state index contributed by atoms with van der Waals surface area (Å²) in [5.41, 5.74) is 1.68. The van der Waals surface area contributed by atoms with Crippen LogP contribution in [0.3, 0.4) is 0 Å². The Bertz CT molecular complexity index is 940. The number of aryl methyl sites for hydroxylation is 1. The molecule has 1 heterocycles. The van der Waals surface area contributed by atoms with Gasteiger partial charge in [-0.3, -0.25) is 9.59 Å². The van der Waals surface area contributed by atoms with Gasteiger partial charge in [0.25, 0.3) is 5.91 Å².